The SMILES string of the molecule is C[C@H]1CC2CC(S(=O)(=O)c3cc(C(=O)Nc4ccc(F)c(F)c4)ccc3Cl)CC1[C@@]2(O)CNS(C)(=O)=O. The molecule has 2 bridgehead atoms. The number of carbonyl (C=O) groups is 1. The highest BCUT2D eigenvalue weighted by atomic mass is 35.5. The number of rotatable bonds is 7. The van der Waals surface area contributed by atoms with Crippen LogP contribution < -0.4 is 10.0 Å². The van der Waals surface area contributed by atoms with Crippen molar-refractivity contribution >= 4 is 43.1 Å². The van der Waals surface area contributed by atoms with Gasteiger partial charge in [-0.1, -0.05) is 18.5 Å². The van der Waals surface area contributed by atoms with Gasteiger partial charge >= 0.3 is 0 Å². The summed E-state index contributed by atoms with van der Waals surface area (Å²) in [5.41, 5.74) is -1.43. The summed E-state index contributed by atoms with van der Waals surface area (Å²) in [4.78, 5) is 12.5. The number of fused-ring (bicyclic) bond motifs is 2. The number of amides is 1. The molecule has 4 rings (SSSR count). The summed E-state index contributed by atoms with van der Waals surface area (Å²) in [6, 6.07) is 6.57. The number of benzene rings is 2. The number of hydrogen-bond donors (Lipinski definition) is 3. The van der Waals surface area contributed by atoms with E-state index in [9.17, 15) is 35.5 Å². The van der Waals surface area contributed by atoms with Gasteiger partial charge in [-0.2, -0.15) is 0 Å². The second kappa shape index (κ2) is 9.88. The number of sulfonamides is 1. The number of nitrogens with one attached hydrogen (secondary N) is 2. The molecule has 0 aliphatic heterocycles. The van der Waals surface area contributed by atoms with Gasteiger partial charge in [0.25, 0.3) is 5.91 Å². The second-order valence-electron chi connectivity index (χ2n) is 9.97. The van der Waals surface area contributed by atoms with Crippen molar-refractivity contribution in [3.63, 3.8) is 0 Å². The van der Waals surface area contributed by atoms with Crippen LogP contribution in [-0.2, 0) is 19.9 Å². The third-order valence-corrected chi connectivity index (χ3v) is 10.8. The standard InChI is InChI=1S/C24H27ClF2N2O6S2/c1-13-7-15-9-17(11-18(13)24(15,31)12-28-36(2,32)33)37(34,35)22-8-14(3-5-19(22)25)23(30)29-16-4-6-20(26)21(27)10-16/h3-6,8,10,13,15,17-18,28,31H,7,9,11-12H2,1-2H3,(H,29,30)/t13-,15?,17?,18?,24+/m0/s1. The molecule has 37 heavy (non-hydrogen) atoms. The Morgan fingerprint density at radius 3 is 2.41 bits per heavy atom. The van der Waals surface area contributed by atoms with E-state index in [-0.39, 0.29) is 46.5 Å². The first-order chi connectivity index (χ1) is 17.1. The molecule has 2 fully saturated rings. The van der Waals surface area contributed by atoms with Crippen molar-refractivity contribution < 1.29 is 35.5 Å². The molecule has 0 aromatic heterocycles. The number of hydrogen-bond acceptors (Lipinski definition) is 6. The Morgan fingerprint density at radius 2 is 1.78 bits per heavy atom. The largest absolute Gasteiger partial charge is 0.388 e. The fourth-order valence-electron chi connectivity index (χ4n) is 5.64. The van der Waals surface area contributed by atoms with Gasteiger partial charge in [0.15, 0.2) is 21.5 Å². The lowest BCUT2D eigenvalue weighted by Gasteiger charge is -2.43. The molecule has 13 heteroatoms. The average Bonchev–Trinajstić information content (AvgIpc) is 2.93. The highest BCUT2D eigenvalue weighted by molar-refractivity contribution is 7.92. The Bertz CT molecular complexity index is 1450. The number of halogens is 3. The van der Waals surface area contributed by atoms with E-state index in [0.717, 1.165) is 24.5 Å². The van der Waals surface area contributed by atoms with Crippen molar-refractivity contribution in [2.45, 2.75) is 41.9 Å². The van der Waals surface area contributed by atoms with Crippen LogP contribution in [0, 0.1) is 29.4 Å². The maximum Gasteiger partial charge on any atom is 0.255 e. The van der Waals surface area contributed by atoms with E-state index < -0.39 is 60.1 Å². The van der Waals surface area contributed by atoms with Gasteiger partial charge in [0.1, 0.15) is 0 Å². The van der Waals surface area contributed by atoms with E-state index in [0.29, 0.717) is 6.42 Å². The zero-order valence-electron chi connectivity index (χ0n) is 20.0. The predicted molar refractivity (Wildman–Crippen MR) is 135 cm³/mol. The molecule has 2 aromatic carbocycles. The summed E-state index contributed by atoms with van der Waals surface area (Å²) >= 11 is 6.25. The normalized spacial score (nSPS) is 27.7. The van der Waals surface area contributed by atoms with Crippen LogP contribution in [0.5, 0.6) is 0 Å². The monoisotopic (exact) mass is 576 g/mol. The summed E-state index contributed by atoms with van der Waals surface area (Å²) < 4.78 is 79.6. The first-order valence-electron chi connectivity index (χ1n) is 11.6. The van der Waals surface area contributed by atoms with Crippen molar-refractivity contribution in [1.82, 2.24) is 4.72 Å². The third-order valence-electron chi connectivity index (χ3n) is 7.49. The van der Waals surface area contributed by atoms with Crippen LogP contribution in [0.3, 0.4) is 0 Å². The van der Waals surface area contributed by atoms with Crippen LogP contribution in [0.15, 0.2) is 41.3 Å². The molecular formula is C24H27ClF2N2O6S2. The van der Waals surface area contributed by atoms with Gasteiger partial charge in [-0.15, -0.1) is 0 Å². The Balaban J connectivity index is 1.58. The number of sulfone groups is 1. The van der Waals surface area contributed by atoms with Crippen LogP contribution in [0.2, 0.25) is 5.02 Å². The minimum atomic E-state index is -4.05. The van der Waals surface area contributed by atoms with Gasteiger partial charge in [0.2, 0.25) is 10.0 Å². The number of aliphatic hydroxyl groups is 1. The van der Waals surface area contributed by atoms with E-state index in [2.05, 4.69) is 10.0 Å². The van der Waals surface area contributed by atoms with Gasteiger partial charge in [0, 0.05) is 23.9 Å². The minimum absolute atomic E-state index is 0.0110. The van der Waals surface area contributed by atoms with Gasteiger partial charge in [-0.25, -0.2) is 30.3 Å². The summed E-state index contributed by atoms with van der Waals surface area (Å²) in [7, 11) is -7.60. The zero-order valence-corrected chi connectivity index (χ0v) is 22.4. The molecular weight excluding hydrogens is 550 g/mol. The van der Waals surface area contributed by atoms with E-state index >= 15 is 0 Å². The molecule has 8 nitrogen and oxygen atoms in total. The molecule has 2 aromatic rings. The maximum atomic E-state index is 13.7. The summed E-state index contributed by atoms with van der Waals surface area (Å²) in [6.45, 7) is 1.71. The summed E-state index contributed by atoms with van der Waals surface area (Å²) in [5, 5.41) is 12.8. The molecule has 0 saturated heterocycles. The van der Waals surface area contributed by atoms with Gasteiger partial charge in [-0.3, -0.25) is 4.79 Å². The van der Waals surface area contributed by atoms with Crippen LogP contribution in [-0.4, -0.2) is 51.5 Å². The lowest BCUT2D eigenvalue weighted by molar-refractivity contribution is -0.0576. The maximum absolute atomic E-state index is 13.7. The molecule has 2 aliphatic rings. The Kier molecular flexibility index (Phi) is 7.45. The van der Waals surface area contributed by atoms with Crippen LogP contribution in [0.25, 0.3) is 0 Å². The van der Waals surface area contributed by atoms with E-state index in [4.69, 9.17) is 11.6 Å². The molecule has 0 spiro atoms. The summed E-state index contributed by atoms with van der Waals surface area (Å²) in [6.07, 6.45) is 1.74. The van der Waals surface area contributed by atoms with E-state index in [1.165, 1.54) is 18.2 Å². The van der Waals surface area contributed by atoms with Crippen molar-refractivity contribution in [3.05, 3.63) is 58.6 Å². The number of carbonyl (C=O) groups excluding carboxylic acids is 1. The molecule has 2 saturated carbocycles. The topological polar surface area (TPSA) is 130 Å². The van der Waals surface area contributed by atoms with Crippen molar-refractivity contribution in [1.29, 1.82) is 0 Å². The molecule has 202 valence electrons. The van der Waals surface area contributed by atoms with Gasteiger partial charge in [0.05, 0.1) is 27.0 Å². The molecule has 0 radical (unpaired) electrons. The first kappa shape index (κ1) is 27.9. The van der Waals surface area contributed by atoms with E-state index in [1.54, 1.807) is 0 Å². The van der Waals surface area contributed by atoms with Gasteiger partial charge < -0.3 is 10.4 Å². The van der Waals surface area contributed by atoms with Crippen molar-refractivity contribution in [2.75, 3.05) is 18.1 Å². The fraction of sp³-hybridized carbons (Fsp3) is 0.458. The van der Waals surface area contributed by atoms with E-state index in [1.807, 2.05) is 6.92 Å². The fourth-order valence-corrected chi connectivity index (χ4v) is 8.51. The predicted octanol–water partition coefficient (Wildman–Crippen LogP) is 3.36. The van der Waals surface area contributed by atoms with Crippen LogP contribution >= 0.6 is 11.6 Å². The Labute approximate surface area is 219 Å². The number of anilines is 1. The molecule has 1 amide bonds. The molecule has 2 aliphatic carbocycles. The highest BCUT2D eigenvalue weighted by Gasteiger charge is 2.58. The zero-order chi connectivity index (χ0) is 27.3. The highest BCUT2D eigenvalue weighted by Crippen LogP contribution is 2.54. The van der Waals surface area contributed by atoms with Crippen LogP contribution in [0.4, 0.5) is 14.5 Å². The van der Waals surface area contributed by atoms with Gasteiger partial charge in [-0.05, 0) is 67.3 Å². The second-order valence-corrected chi connectivity index (χ2v) is 14.4. The molecule has 3 N–H and O–H groups in total. The minimum Gasteiger partial charge on any atom is -0.388 e. The lowest BCUT2D eigenvalue weighted by atomic mass is 9.73. The quantitative estimate of drug-likeness (QED) is 0.463. The average molecular weight is 577 g/mol. The third kappa shape index (κ3) is 5.53. The summed E-state index contributed by atoms with van der Waals surface area (Å²) in [5.74, 6) is -3.90. The molecule has 3 unspecified atom stereocenters. The first-order valence-corrected chi connectivity index (χ1v) is 15.4. The Hall–Kier alpha value is -2.12. The smallest absolute Gasteiger partial charge is 0.255 e. The van der Waals surface area contributed by atoms with Crippen molar-refractivity contribution in [2.24, 2.45) is 17.8 Å². The van der Waals surface area contributed by atoms with Crippen LogP contribution in [0.1, 0.15) is 36.5 Å². The molecule has 0 heterocycles. The molecule has 5 atom stereocenters. The lowest BCUT2D eigenvalue weighted by Crippen LogP contribution is -2.55. The Morgan fingerprint density at radius 1 is 1.08 bits per heavy atom. The van der Waals surface area contributed by atoms with Crippen molar-refractivity contribution in [3.8, 4) is 0 Å².